The molecule has 1 aliphatic rings. The molecule has 3 aromatic rings. The van der Waals surface area contributed by atoms with Crippen LogP contribution in [0.2, 0.25) is 0 Å². The lowest BCUT2D eigenvalue weighted by Crippen LogP contribution is -2.26. The van der Waals surface area contributed by atoms with Crippen LogP contribution in [0.25, 0.3) is 5.69 Å². The largest absolute Gasteiger partial charge is 0.497 e. The van der Waals surface area contributed by atoms with E-state index in [1.165, 1.54) is 17.9 Å². The van der Waals surface area contributed by atoms with Gasteiger partial charge in [-0.2, -0.15) is 5.10 Å². The van der Waals surface area contributed by atoms with Crippen LogP contribution in [0, 0.1) is 0 Å². The summed E-state index contributed by atoms with van der Waals surface area (Å²) in [7, 11) is 2.99. The molecule has 0 spiro atoms. The normalized spacial score (nSPS) is 12.2. The van der Waals surface area contributed by atoms with Crippen molar-refractivity contribution in [2.45, 2.75) is 0 Å². The third-order valence-corrected chi connectivity index (χ3v) is 4.44. The van der Waals surface area contributed by atoms with Crippen molar-refractivity contribution in [3.8, 4) is 28.8 Å². The number of fused-ring (bicyclic) bond motifs is 1. The summed E-state index contributed by atoms with van der Waals surface area (Å²) >= 11 is 0. The molecule has 4 rings (SSSR count). The number of rotatable bonds is 5. The molecule has 0 fully saturated rings. The summed E-state index contributed by atoms with van der Waals surface area (Å²) in [6, 6.07) is 13.2. The van der Waals surface area contributed by atoms with Gasteiger partial charge in [-0.1, -0.05) is 0 Å². The van der Waals surface area contributed by atoms with Gasteiger partial charge in [-0.15, -0.1) is 0 Å². The van der Waals surface area contributed by atoms with Gasteiger partial charge in [0.25, 0.3) is 5.91 Å². The average Bonchev–Trinajstić information content (AvgIpc) is 2.78. The molecule has 0 unspecified atom stereocenters. The Kier molecular flexibility index (Phi) is 5.25. The Hall–Kier alpha value is -4.01. The highest BCUT2D eigenvalue weighted by Gasteiger charge is 2.19. The molecule has 0 atom stereocenters. The number of aromatic nitrogens is 2. The Balaban J connectivity index is 1.66. The number of nitrogens with one attached hydrogen (secondary N) is 1. The van der Waals surface area contributed by atoms with Crippen molar-refractivity contribution >= 4 is 11.6 Å². The van der Waals surface area contributed by atoms with Crippen LogP contribution < -0.4 is 29.7 Å². The van der Waals surface area contributed by atoms with Crippen LogP contribution in [0.5, 0.6) is 23.1 Å². The van der Waals surface area contributed by atoms with Crippen molar-refractivity contribution in [3.05, 3.63) is 64.4 Å². The highest BCUT2D eigenvalue weighted by Crippen LogP contribution is 2.32. The topological polar surface area (TPSA) is 101 Å². The molecular formula is C21H19N3O6. The van der Waals surface area contributed by atoms with Crippen LogP contribution >= 0.6 is 0 Å². The van der Waals surface area contributed by atoms with Crippen molar-refractivity contribution in [1.82, 2.24) is 9.78 Å². The van der Waals surface area contributed by atoms with Crippen molar-refractivity contribution in [3.63, 3.8) is 0 Å². The first-order chi connectivity index (χ1) is 14.6. The first-order valence-electron chi connectivity index (χ1n) is 9.13. The molecule has 9 nitrogen and oxygen atoms in total. The van der Waals surface area contributed by atoms with Crippen LogP contribution in [0.3, 0.4) is 0 Å². The number of ether oxygens (including phenoxy) is 4. The second kappa shape index (κ2) is 8.16. The number of hydrogen-bond donors (Lipinski definition) is 1. The molecule has 1 aliphatic heterocycles. The SMILES string of the molecule is COc1ccc(-n2nc(C(=O)Nc3ccc4c(c3)OCCO4)c(=O)cc2OC)cc1. The number of carbonyl (C=O) groups is 1. The van der Waals surface area contributed by atoms with Gasteiger partial charge in [-0.05, 0) is 36.4 Å². The molecule has 0 saturated carbocycles. The van der Waals surface area contributed by atoms with Crippen molar-refractivity contribution < 1.29 is 23.7 Å². The fraction of sp³-hybridized carbons (Fsp3) is 0.190. The minimum Gasteiger partial charge on any atom is -0.497 e. The molecule has 154 valence electrons. The van der Waals surface area contributed by atoms with Crippen LogP contribution in [0.1, 0.15) is 10.5 Å². The predicted molar refractivity (Wildman–Crippen MR) is 108 cm³/mol. The van der Waals surface area contributed by atoms with Gasteiger partial charge >= 0.3 is 0 Å². The average molecular weight is 409 g/mol. The maximum absolute atomic E-state index is 12.8. The zero-order valence-corrected chi connectivity index (χ0v) is 16.4. The molecule has 0 aliphatic carbocycles. The molecule has 30 heavy (non-hydrogen) atoms. The molecular weight excluding hydrogens is 390 g/mol. The molecule has 2 aromatic carbocycles. The molecule has 0 saturated heterocycles. The fourth-order valence-corrected chi connectivity index (χ4v) is 2.96. The third-order valence-electron chi connectivity index (χ3n) is 4.44. The van der Waals surface area contributed by atoms with E-state index in [2.05, 4.69) is 10.4 Å². The van der Waals surface area contributed by atoms with Crippen molar-refractivity contribution in [2.24, 2.45) is 0 Å². The van der Waals surface area contributed by atoms with Gasteiger partial charge in [0.15, 0.2) is 17.2 Å². The van der Waals surface area contributed by atoms with Gasteiger partial charge < -0.3 is 24.3 Å². The minimum atomic E-state index is -0.651. The minimum absolute atomic E-state index is 0.195. The van der Waals surface area contributed by atoms with E-state index in [9.17, 15) is 9.59 Å². The summed E-state index contributed by atoms with van der Waals surface area (Å²) in [5.41, 5.74) is 0.214. The Morgan fingerprint density at radius 2 is 1.73 bits per heavy atom. The van der Waals surface area contributed by atoms with E-state index in [-0.39, 0.29) is 11.6 Å². The summed E-state index contributed by atoms with van der Waals surface area (Å²) in [6.45, 7) is 0.899. The molecule has 0 radical (unpaired) electrons. The van der Waals surface area contributed by atoms with E-state index in [1.807, 2.05) is 0 Å². The highest BCUT2D eigenvalue weighted by molar-refractivity contribution is 6.02. The summed E-state index contributed by atoms with van der Waals surface area (Å²) in [5.74, 6) is 1.33. The van der Waals surface area contributed by atoms with Gasteiger partial charge in [0.2, 0.25) is 11.3 Å². The molecule has 1 N–H and O–H groups in total. The molecule has 9 heteroatoms. The van der Waals surface area contributed by atoms with E-state index in [0.29, 0.717) is 41.8 Å². The second-order valence-electron chi connectivity index (χ2n) is 6.32. The van der Waals surface area contributed by atoms with Crippen LogP contribution in [0.15, 0.2) is 53.3 Å². The molecule has 1 amide bonds. The number of methoxy groups -OCH3 is 2. The number of anilines is 1. The fourth-order valence-electron chi connectivity index (χ4n) is 2.96. The lowest BCUT2D eigenvalue weighted by Gasteiger charge is -2.19. The van der Waals surface area contributed by atoms with Crippen molar-refractivity contribution in [1.29, 1.82) is 0 Å². The second-order valence-corrected chi connectivity index (χ2v) is 6.32. The van der Waals surface area contributed by atoms with Crippen LogP contribution in [-0.4, -0.2) is 43.1 Å². The first-order valence-corrected chi connectivity index (χ1v) is 9.13. The van der Waals surface area contributed by atoms with Gasteiger partial charge in [0.1, 0.15) is 19.0 Å². The number of nitrogens with zero attached hydrogens (tertiary/aromatic N) is 2. The van der Waals surface area contributed by atoms with Crippen LogP contribution in [-0.2, 0) is 0 Å². The highest BCUT2D eigenvalue weighted by atomic mass is 16.6. The van der Waals surface area contributed by atoms with Gasteiger partial charge in [0.05, 0.1) is 26.0 Å². The quantitative estimate of drug-likeness (QED) is 0.690. The number of carbonyl (C=O) groups excluding carboxylic acids is 1. The Morgan fingerprint density at radius 1 is 1.00 bits per heavy atom. The summed E-state index contributed by atoms with van der Waals surface area (Å²) < 4.78 is 22.8. The monoisotopic (exact) mass is 409 g/mol. The van der Waals surface area contributed by atoms with Gasteiger partial charge in [-0.3, -0.25) is 9.59 Å². The first kappa shape index (κ1) is 19.3. The maximum atomic E-state index is 12.8. The smallest absolute Gasteiger partial charge is 0.280 e. The Labute approximate surface area is 171 Å². The maximum Gasteiger partial charge on any atom is 0.280 e. The van der Waals surface area contributed by atoms with Gasteiger partial charge in [-0.25, -0.2) is 4.68 Å². The lowest BCUT2D eigenvalue weighted by molar-refractivity contribution is 0.101. The number of hydrogen-bond acceptors (Lipinski definition) is 7. The Bertz CT molecular complexity index is 1140. The van der Waals surface area contributed by atoms with E-state index in [4.69, 9.17) is 18.9 Å². The van der Waals surface area contributed by atoms with Crippen LogP contribution in [0.4, 0.5) is 5.69 Å². The standard InChI is InChI=1S/C21H19N3O6/c1-27-15-6-4-14(5-7-15)24-19(28-2)12-16(25)20(23-24)21(26)22-13-3-8-17-18(11-13)30-10-9-29-17/h3-8,11-12H,9-10H2,1-2H3,(H,22,26). The van der Waals surface area contributed by atoms with E-state index in [1.54, 1.807) is 49.6 Å². The summed E-state index contributed by atoms with van der Waals surface area (Å²) in [5, 5.41) is 6.90. The number of benzene rings is 2. The predicted octanol–water partition coefficient (Wildman–Crippen LogP) is 2.27. The van der Waals surface area contributed by atoms with E-state index in [0.717, 1.165) is 0 Å². The molecule has 0 bridgehead atoms. The third kappa shape index (κ3) is 3.77. The van der Waals surface area contributed by atoms with Gasteiger partial charge in [0, 0.05) is 11.8 Å². The summed E-state index contributed by atoms with van der Waals surface area (Å²) in [4.78, 5) is 25.2. The number of amides is 1. The Morgan fingerprint density at radius 3 is 2.43 bits per heavy atom. The zero-order chi connectivity index (χ0) is 21.1. The van der Waals surface area contributed by atoms with E-state index >= 15 is 0 Å². The zero-order valence-electron chi connectivity index (χ0n) is 16.4. The summed E-state index contributed by atoms with van der Waals surface area (Å²) in [6.07, 6.45) is 0. The van der Waals surface area contributed by atoms with Crippen molar-refractivity contribution in [2.75, 3.05) is 32.8 Å². The van der Waals surface area contributed by atoms with E-state index < -0.39 is 11.3 Å². The lowest BCUT2D eigenvalue weighted by atomic mass is 10.2. The molecule has 2 heterocycles. The molecule has 1 aromatic heterocycles.